The maximum Gasteiger partial charge on any atom is 0.148 e. The van der Waals surface area contributed by atoms with E-state index in [2.05, 4.69) is 0 Å². The van der Waals surface area contributed by atoms with Gasteiger partial charge in [0.15, 0.2) is 0 Å². The molecule has 0 aromatic heterocycles. The Morgan fingerprint density at radius 2 is 1.38 bits per heavy atom. The van der Waals surface area contributed by atoms with Gasteiger partial charge in [-0.1, -0.05) is 6.92 Å². The van der Waals surface area contributed by atoms with Gasteiger partial charge in [0, 0.05) is 14.2 Å². The van der Waals surface area contributed by atoms with Gasteiger partial charge in [-0.25, -0.2) is 0 Å². The van der Waals surface area contributed by atoms with E-state index in [1.807, 2.05) is 11.8 Å². The lowest BCUT2D eigenvalue weighted by molar-refractivity contribution is -0.123. The lowest BCUT2D eigenvalue weighted by Gasteiger charge is -2.19. The molecule has 0 saturated heterocycles. The van der Waals surface area contributed by atoms with E-state index in [4.69, 9.17) is 18.9 Å². The Morgan fingerprint density at radius 3 is 1.69 bits per heavy atom. The van der Waals surface area contributed by atoms with Crippen LogP contribution in [0.25, 0.3) is 0 Å². The SMILES string of the molecule is CCN(COCOC)COCOC. The molecule has 0 rings (SSSR count). The smallest absolute Gasteiger partial charge is 0.148 e. The zero-order valence-electron chi connectivity index (χ0n) is 8.62. The van der Waals surface area contributed by atoms with Gasteiger partial charge in [0.05, 0.1) is 0 Å². The lowest BCUT2D eigenvalue weighted by atomic mass is 10.7. The van der Waals surface area contributed by atoms with Crippen LogP contribution in [-0.2, 0) is 18.9 Å². The van der Waals surface area contributed by atoms with Gasteiger partial charge in [-0.05, 0) is 6.54 Å². The first-order chi connectivity index (χ1) is 6.35. The molecule has 0 aromatic rings. The van der Waals surface area contributed by atoms with Crippen molar-refractivity contribution < 1.29 is 18.9 Å². The first kappa shape index (κ1) is 12.8. The Kier molecular flexibility index (Phi) is 9.73. The second-order valence-corrected chi connectivity index (χ2v) is 2.47. The van der Waals surface area contributed by atoms with Gasteiger partial charge in [0.2, 0.25) is 0 Å². The zero-order chi connectivity index (χ0) is 9.94. The van der Waals surface area contributed by atoms with Crippen LogP contribution in [0.1, 0.15) is 6.92 Å². The Balaban J connectivity index is 3.28. The topological polar surface area (TPSA) is 40.2 Å². The van der Waals surface area contributed by atoms with Crippen LogP contribution in [0, 0.1) is 0 Å². The third-order valence-electron chi connectivity index (χ3n) is 1.40. The fourth-order valence-electron chi connectivity index (χ4n) is 0.719. The molecule has 0 aliphatic rings. The van der Waals surface area contributed by atoms with Crippen molar-refractivity contribution in [2.75, 3.05) is 47.8 Å². The largest absolute Gasteiger partial charge is 0.359 e. The van der Waals surface area contributed by atoms with E-state index in [0.717, 1.165) is 6.54 Å². The summed E-state index contributed by atoms with van der Waals surface area (Å²) < 4.78 is 19.8. The summed E-state index contributed by atoms with van der Waals surface area (Å²) in [5.41, 5.74) is 0. The molecule has 5 heteroatoms. The molecular formula is C8H19NO4. The Hall–Kier alpha value is -0.200. The highest BCUT2D eigenvalue weighted by Crippen LogP contribution is 1.90. The molecular weight excluding hydrogens is 174 g/mol. The van der Waals surface area contributed by atoms with E-state index < -0.39 is 0 Å². The van der Waals surface area contributed by atoms with E-state index in [9.17, 15) is 0 Å². The number of nitrogens with zero attached hydrogens (tertiary/aromatic N) is 1. The van der Waals surface area contributed by atoms with Crippen LogP contribution in [0.3, 0.4) is 0 Å². The van der Waals surface area contributed by atoms with Crippen molar-refractivity contribution >= 4 is 0 Å². The molecule has 0 aliphatic carbocycles. The van der Waals surface area contributed by atoms with Crippen molar-refractivity contribution in [2.24, 2.45) is 0 Å². The quantitative estimate of drug-likeness (QED) is 0.393. The van der Waals surface area contributed by atoms with Gasteiger partial charge in [0.1, 0.15) is 27.0 Å². The fourth-order valence-corrected chi connectivity index (χ4v) is 0.719. The molecule has 0 N–H and O–H groups in total. The number of ether oxygens (including phenoxy) is 4. The molecule has 0 atom stereocenters. The third-order valence-corrected chi connectivity index (χ3v) is 1.40. The molecule has 0 aromatic carbocycles. The molecule has 0 amide bonds. The van der Waals surface area contributed by atoms with Crippen molar-refractivity contribution in [3.05, 3.63) is 0 Å². The first-order valence-corrected chi connectivity index (χ1v) is 4.20. The van der Waals surface area contributed by atoms with Crippen molar-refractivity contribution in [3.8, 4) is 0 Å². The van der Waals surface area contributed by atoms with Crippen LogP contribution in [-0.4, -0.2) is 52.7 Å². The molecule has 0 saturated carbocycles. The van der Waals surface area contributed by atoms with Gasteiger partial charge >= 0.3 is 0 Å². The Morgan fingerprint density at radius 1 is 0.923 bits per heavy atom. The molecule has 13 heavy (non-hydrogen) atoms. The highest BCUT2D eigenvalue weighted by molar-refractivity contribution is 4.39. The summed E-state index contributed by atoms with van der Waals surface area (Å²) in [5.74, 6) is 0. The molecule has 0 radical (unpaired) electrons. The standard InChI is InChI=1S/C8H19NO4/c1-4-9(5-12-7-10-2)6-13-8-11-3/h4-8H2,1-3H3. The average Bonchev–Trinajstić information content (AvgIpc) is 2.16. The van der Waals surface area contributed by atoms with Crippen LogP contribution in [0.2, 0.25) is 0 Å². The van der Waals surface area contributed by atoms with Crippen molar-refractivity contribution in [3.63, 3.8) is 0 Å². The number of methoxy groups -OCH3 is 2. The maximum atomic E-state index is 5.15. The summed E-state index contributed by atoms with van der Waals surface area (Å²) in [5, 5.41) is 0. The van der Waals surface area contributed by atoms with Crippen LogP contribution in [0.4, 0.5) is 0 Å². The second-order valence-electron chi connectivity index (χ2n) is 2.47. The first-order valence-electron chi connectivity index (χ1n) is 4.20. The van der Waals surface area contributed by atoms with Gasteiger partial charge in [-0.15, -0.1) is 0 Å². The maximum absolute atomic E-state index is 5.15. The van der Waals surface area contributed by atoms with Gasteiger partial charge in [0.25, 0.3) is 0 Å². The Bertz CT molecular complexity index is 92.1. The van der Waals surface area contributed by atoms with E-state index in [0.29, 0.717) is 27.0 Å². The molecule has 0 aliphatic heterocycles. The average molecular weight is 193 g/mol. The van der Waals surface area contributed by atoms with Crippen LogP contribution in [0.5, 0.6) is 0 Å². The Labute approximate surface area is 79.5 Å². The predicted molar refractivity (Wildman–Crippen MR) is 48.0 cm³/mol. The predicted octanol–water partition coefficient (Wildman–Crippen LogP) is 0.464. The summed E-state index contributed by atoms with van der Waals surface area (Å²) >= 11 is 0. The van der Waals surface area contributed by atoms with Crippen molar-refractivity contribution in [1.29, 1.82) is 0 Å². The monoisotopic (exact) mass is 193 g/mol. The highest BCUT2D eigenvalue weighted by Gasteiger charge is 2.00. The van der Waals surface area contributed by atoms with Crippen molar-refractivity contribution in [1.82, 2.24) is 4.90 Å². The summed E-state index contributed by atoms with van der Waals surface area (Å²) in [7, 11) is 3.19. The minimum absolute atomic E-state index is 0.306. The minimum Gasteiger partial charge on any atom is -0.359 e. The second kappa shape index (κ2) is 9.88. The van der Waals surface area contributed by atoms with E-state index in [1.54, 1.807) is 14.2 Å². The van der Waals surface area contributed by atoms with E-state index in [1.165, 1.54) is 0 Å². The van der Waals surface area contributed by atoms with Crippen LogP contribution in [0.15, 0.2) is 0 Å². The van der Waals surface area contributed by atoms with Gasteiger partial charge in [-0.2, -0.15) is 0 Å². The molecule has 0 spiro atoms. The molecule has 0 fully saturated rings. The summed E-state index contributed by atoms with van der Waals surface area (Å²) in [6.07, 6.45) is 0. The molecule has 5 nitrogen and oxygen atoms in total. The van der Waals surface area contributed by atoms with Crippen molar-refractivity contribution in [2.45, 2.75) is 6.92 Å². The van der Waals surface area contributed by atoms with Gasteiger partial charge in [-0.3, -0.25) is 4.90 Å². The minimum atomic E-state index is 0.306. The molecule has 0 heterocycles. The van der Waals surface area contributed by atoms with E-state index in [-0.39, 0.29) is 0 Å². The number of hydrogen-bond acceptors (Lipinski definition) is 5. The molecule has 0 unspecified atom stereocenters. The van der Waals surface area contributed by atoms with Gasteiger partial charge < -0.3 is 18.9 Å². The lowest BCUT2D eigenvalue weighted by Crippen LogP contribution is -2.29. The number of rotatable bonds is 9. The van der Waals surface area contributed by atoms with Crippen LogP contribution >= 0.6 is 0 Å². The molecule has 0 bridgehead atoms. The summed E-state index contributed by atoms with van der Waals surface area (Å²) in [6.45, 7) is 4.53. The number of hydrogen-bond donors (Lipinski definition) is 0. The highest BCUT2D eigenvalue weighted by atomic mass is 16.7. The van der Waals surface area contributed by atoms with Crippen LogP contribution < -0.4 is 0 Å². The summed E-state index contributed by atoms with van der Waals surface area (Å²) in [4.78, 5) is 1.98. The summed E-state index contributed by atoms with van der Waals surface area (Å²) in [6, 6.07) is 0. The third kappa shape index (κ3) is 8.14. The van der Waals surface area contributed by atoms with E-state index >= 15 is 0 Å². The fraction of sp³-hybridized carbons (Fsp3) is 1.00. The zero-order valence-corrected chi connectivity index (χ0v) is 8.62. The molecule has 80 valence electrons. The normalized spacial score (nSPS) is 11.1.